The van der Waals surface area contributed by atoms with Crippen molar-refractivity contribution in [1.29, 1.82) is 0 Å². The zero-order valence-electron chi connectivity index (χ0n) is 12.3. The lowest BCUT2D eigenvalue weighted by atomic mass is 10.1. The van der Waals surface area contributed by atoms with Crippen molar-refractivity contribution in [1.82, 2.24) is 10.2 Å². The molecule has 0 saturated heterocycles. The van der Waals surface area contributed by atoms with Gasteiger partial charge in [-0.3, -0.25) is 0 Å². The Labute approximate surface area is 133 Å². The lowest BCUT2D eigenvalue weighted by molar-refractivity contribution is 0.339. The maximum absolute atomic E-state index is 5.89. The first-order chi connectivity index (χ1) is 10.2. The van der Waals surface area contributed by atoms with Gasteiger partial charge in [0.05, 0.1) is 6.61 Å². The minimum Gasteiger partial charge on any atom is -0.492 e. The summed E-state index contributed by atoms with van der Waals surface area (Å²) in [6.07, 6.45) is 2.51. The van der Waals surface area contributed by atoms with E-state index in [1.165, 1.54) is 24.0 Å². The molecule has 1 saturated carbocycles. The molecule has 3 rings (SSSR count). The van der Waals surface area contributed by atoms with Gasteiger partial charge in [-0.15, -0.1) is 10.2 Å². The number of hydrogen-bond donors (Lipinski definition) is 1. The number of nitrogens with zero attached hydrogens (tertiary/aromatic N) is 2. The van der Waals surface area contributed by atoms with E-state index in [-0.39, 0.29) is 0 Å². The molecule has 4 nitrogen and oxygen atoms in total. The molecule has 1 heterocycles. The number of aryl methyl sites for hydroxylation is 2. The Hall–Kier alpha value is -1.27. The molecule has 21 heavy (non-hydrogen) atoms. The monoisotopic (exact) mass is 321 g/mol. The van der Waals surface area contributed by atoms with E-state index < -0.39 is 0 Å². The van der Waals surface area contributed by atoms with Crippen LogP contribution in [0.1, 0.15) is 24.0 Å². The van der Waals surface area contributed by atoms with E-state index in [2.05, 4.69) is 47.6 Å². The topological polar surface area (TPSA) is 47.0 Å². The number of thioether (sulfide) groups is 1. The summed E-state index contributed by atoms with van der Waals surface area (Å²) >= 11 is 3.33. The number of benzene rings is 1. The molecule has 112 valence electrons. The minimum absolute atomic E-state index is 0.628. The predicted octanol–water partition coefficient (Wildman–Crippen LogP) is 3.90. The SMILES string of the molecule is Cc1cccc(C)c1OCCSc1nnc(NC2CC2)s1. The van der Waals surface area contributed by atoms with Crippen molar-refractivity contribution in [3.63, 3.8) is 0 Å². The molecule has 6 heteroatoms. The third-order valence-electron chi connectivity index (χ3n) is 3.28. The lowest BCUT2D eigenvalue weighted by Gasteiger charge is -2.11. The zero-order valence-corrected chi connectivity index (χ0v) is 13.9. The third kappa shape index (κ3) is 4.11. The molecule has 1 aromatic carbocycles. The summed E-state index contributed by atoms with van der Waals surface area (Å²) in [6, 6.07) is 6.84. The van der Waals surface area contributed by atoms with Gasteiger partial charge < -0.3 is 10.1 Å². The Kier molecular flexibility index (Phi) is 4.65. The molecule has 0 aliphatic heterocycles. The number of anilines is 1. The second-order valence-corrected chi connectivity index (χ2v) is 7.53. The van der Waals surface area contributed by atoms with Gasteiger partial charge in [0, 0.05) is 11.8 Å². The van der Waals surface area contributed by atoms with E-state index >= 15 is 0 Å². The summed E-state index contributed by atoms with van der Waals surface area (Å²) < 4.78 is 6.89. The number of ether oxygens (including phenoxy) is 1. The molecule has 2 aromatic rings. The zero-order chi connectivity index (χ0) is 14.7. The molecular weight excluding hydrogens is 302 g/mol. The number of hydrogen-bond acceptors (Lipinski definition) is 6. The van der Waals surface area contributed by atoms with Crippen LogP contribution in [0, 0.1) is 13.8 Å². The first kappa shape index (κ1) is 14.7. The van der Waals surface area contributed by atoms with Crippen molar-refractivity contribution in [3.05, 3.63) is 29.3 Å². The average molecular weight is 321 g/mol. The standard InChI is InChI=1S/C15H19N3OS2/c1-10-4-3-5-11(2)13(10)19-8-9-20-15-18-17-14(21-15)16-12-6-7-12/h3-5,12H,6-9H2,1-2H3,(H,16,17). The van der Waals surface area contributed by atoms with Crippen LogP contribution in [0.3, 0.4) is 0 Å². The normalized spacial score (nSPS) is 14.2. The van der Waals surface area contributed by atoms with Crippen LogP contribution in [0.2, 0.25) is 0 Å². The van der Waals surface area contributed by atoms with Crippen molar-refractivity contribution >= 4 is 28.2 Å². The molecule has 1 aromatic heterocycles. The van der Waals surface area contributed by atoms with Crippen LogP contribution in [0.15, 0.2) is 22.5 Å². The highest BCUT2D eigenvalue weighted by Crippen LogP contribution is 2.30. The van der Waals surface area contributed by atoms with Crippen LogP contribution in [-0.4, -0.2) is 28.6 Å². The van der Waals surface area contributed by atoms with E-state index in [1.807, 2.05) is 0 Å². The fourth-order valence-electron chi connectivity index (χ4n) is 2.03. The van der Waals surface area contributed by atoms with Gasteiger partial charge in [-0.25, -0.2) is 0 Å². The van der Waals surface area contributed by atoms with Crippen LogP contribution in [-0.2, 0) is 0 Å². The molecule has 0 spiro atoms. The minimum atomic E-state index is 0.628. The van der Waals surface area contributed by atoms with E-state index in [1.54, 1.807) is 23.1 Å². The van der Waals surface area contributed by atoms with E-state index in [9.17, 15) is 0 Å². The Morgan fingerprint density at radius 1 is 1.29 bits per heavy atom. The van der Waals surface area contributed by atoms with Gasteiger partial charge in [0.25, 0.3) is 0 Å². The second kappa shape index (κ2) is 6.66. The maximum Gasteiger partial charge on any atom is 0.206 e. The van der Waals surface area contributed by atoms with Gasteiger partial charge in [0.2, 0.25) is 5.13 Å². The molecule has 0 atom stereocenters. The molecule has 1 fully saturated rings. The first-order valence-corrected chi connectivity index (χ1v) is 8.94. The van der Waals surface area contributed by atoms with Gasteiger partial charge in [0.1, 0.15) is 5.75 Å². The van der Waals surface area contributed by atoms with Crippen molar-refractivity contribution in [2.24, 2.45) is 0 Å². The largest absolute Gasteiger partial charge is 0.492 e. The molecule has 0 unspecified atom stereocenters. The molecule has 0 radical (unpaired) electrons. The lowest BCUT2D eigenvalue weighted by Crippen LogP contribution is -2.02. The van der Waals surface area contributed by atoms with Crippen LogP contribution in [0.5, 0.6) is 5.75 Å². The van der Waals surface area contributed by atoms with Crippen molar-refractivity contribution in [3.8, 4) is 5.75 Å². The molecule has 1 N–H and O–H groups in total. The van der Waals surface area contributed by atoms with Crippen molar-refractivity contribution in [2.45, 2.75) is 37.1 Å². The molecule has 1 aliphatic rings. The fourth-order valence-corrected chi connectivity index (χ4v) is 3.74. The fraction of sp³-hybridized carbons (Fsp3) is 0.467. The van der Waals surface area contributed by atoms with Gasteiger partial charge in [-0.05, 0) is 37.8 Å². The van der Waals surface area contributed by atoms with Gasteiger partial charge >= 0.3 is 0 Å². The third-order valence-corrected chi connectivity index (χ3v) is 5.23. The maximum atomic E-state index is 5.89. The molecular formula is C15H19N3OS2. The number of aromatic nitrogens is 2. The molecule has 0 bridgehead atoms. The van der Waals surface area contributed by atoms with Crippen LogP contribution in [0.25, 0.3) is 0 Å². The van der Waals surface area contributed by atoms with E-state index in [4.69, 9.17) is 4.74 Å². The van der Waals surface area contributed by atoms with Gasteiger partial charge in [0.15, 0.2) is 4.34 Å². The van der Waals surface area contributed by atoms with Crippen LogP contribution < -0.4 is 10.1 Å². The Balaban J connectivity index is 1.44. The Bertz CT molecular complexity index is 590. The average Bonchev–Trinajstić information content (AvgIpc) is 3.15. The number of para-hydroxylation sites is 1. The Morgan fingerprint density at radius 3 is 2.76 bits per heavy atom. The van der Waals surface area contributed by atoms with Gasteiger partial charge in [-0.1, -0.05) is 41.3 Å². The smallest absolute Gasteiger partial charge is 0.206 e. The highest BCUT2D eigenvalue weighted by molar-refractivity contribution is 8.01. The molecule has 0 amide bonds. The summed E-state index contributed by atoms with van der Waals surface area (Å²) in [5.74, 6) is 1.89. The van der Waals surface area contributed by atoms with E-state index in [0.29, 0.717) is 12.6 Å². The predicted molar refractivity (Wildman–Crippen MR) is 88.7 cm³/mol. The summed E-state index contributed by atoms with van der Waals surface area (Å²) in [7, 11) is 0. The first-order valence-electron chi connectivity index (χ1n) is 7.14. The van der Waals surface area contributed by atoms with Crippen LogP contribution in [0.4, 0.5) is 5.13 Å². The van der Waals surface area contributed by atoms with Crippen molar-refractivity contribution < 1.29 is 4.74 Å². The highest BCUT2D eigenvalue weighted by Gasteiger charge is 2.22. The summed E-state index contributed by atoms with van der Waals surface area (Å²) in [5, 5.41) is 12.7. The summed E-state index contributed by atoms with van der Waals surface area (Å²) in [4.78, 5) is 0. The second-order valence-electron chi connectivity index (χ2n) is 5.21. The molecule has 1 aliphatic carbocycles. The number of rotatable bonds is 7. The van der Waals surface area contributed by atoms with Crippen LogP contribution >= 0.6 is 23.1 Å². The Morgan fingerprint density at radius 2 is 2.05 bits per heavy atom. The quantitative estimate of drug-likeness (QED) is 0.619. The summed E-state index contributed by atoms with van der Waals surface area (Å²) in [5.41, 5.74) is 2.37. The van der Waals surface area contributed by atoms with Gasteiger partial charge in [-0.2, -0.15) is 0 Å². The number of nitrogens with one attached hydrogen (secondary N) is 1. The van der Waals surface area contributed by atoms with Crippen molar-refractivity contribution in [2.75, 3.05) is 17.7 Å². The highest BCUT2D eigenvalue weighted by atomic mass is 32.2. The summed E-state index contributed by atoms with van der Waals surface area (Å²) in [6.45, 7) is 4.84. The van der Waals surface area contributed by atoms with E-state index in [0.717, 1.165) is 21.0 Å².